The average molecular weight is 287 g/mol. The normalized spacial score (nSPS) is 13.4. The van der Waals surface area contributed by atoms with Gasteiger partial charge >= 0.3 is 0 Å². The van der Waals surface area contributed by atoms with Gasteiger partial charge < -0.3 is 4.42 Å². The number of rotatable bonds is 4. The molecule has 0 saturated heterocycles. The molecule has 7 heteroatoms. The van der Waals surface area contributed by atoms with Crippen LogP contribution in [-0.4, -0.2) is 8.42 Å². The predicted molar refractivity (Wildman–Crippen MR) is 63.8 cm³/mol. The van der Waals surface area contributed by atoms with E-state index in [1.165, 1.54) is 6.26 Å². The number of hydrogen-bond acceptors (Lipinski definition) is 3. The van der Waals surface area contributed by atoms with Crippen LogP contribution < -0.4 is 4.72 Å². The maximum absolute atomic E-state index is 13.0. The van der Waals surface area contributed by atoms with Crippen molar-refractivity contribution in [3.63, 3.8) is 0 Å². The number of furan rings is 1. The van der Waals surface area contributed by atoms with Crippen LogP contribution >= 0.6 is 0 Å². The molecule has 1 aromatic carbocycles. The van der Waals surface area contributed by atoms with E-state index in [1.807, 2.05) is 0 Å². The van der Waals surface area contributed by atoms with Crippen LogP contribution in [0.5, 0.6) is 0 Å². The van der Waals surface area contributed by atoms with Gasteiger partial charge in [0.15, 0.2) is 0 Å². The third-order valence-electron chi connectivity index (χ3n) is 2.45. The van der Waals surface area contributed by atoms with E-state index in [0.717, 1.165) is 12.1 Å². The van der Waals surface area contributed by atoms with Crippen molar-refractivity contribution in [3.05, 3.63) is 54.0 Å². The van der Waals surface area contributed by atoms with Crippen molar-refractivity contribution in [1.82, 2.24) is 4.72 Å². The number of sulfonamides is 1. The van der Waals surface area contributed by atoms with E-state index in [1.54, 1.807) is 19.1 Å². The second kappa shape index (κ2) is 5.10. The molecule has 102 valence electrons. The summed E-state index contributed by atoms with van der Waals surface area (Å²) in [7, 11) is -4.02. The summed E-state index contributed by atoms with van der Waals surface area (Å²) in [6.45, 7) is 1.56. The van der Waals surface area contributed by atoms with E-state index >= 15 is 0 Å². The molecule has 1 atom stereocenters. The highest BCUT2D eigenvalue weighted by Gasteiger charge is 2.21. The average Bonchev–Trinajstić information content (AvgIpc) is 2.80. The van der Waals surface area contributed by atoms with E-state index in [0.29, 0.717) is 11.8 Å². The predicted octanol–water partition coefficient (Wildman–Crippen LogP) is 2.60. The molecular weight excluding hydrogens is 276 g/mol. The summed E-state index contributed by atoms with van der Waals surface area (Å²) in [5.74, 6) is -1.50. The Kier molecular flexibility index (Phi) is 3.68. The lowest BCUT2D eigenvalue weighted by Crippen LogP contribution is -2.26. The van der Waals surface area contributed by atoms with Crippen molar-refractivity contribution in [2.24, 2.45) is 0 Å². The molecule has 1 heterocycles. The van der Waals surface area contributed by atoms with Crippen molar-refractivity contribution >= 4 is 10.0 Å². The molecule has 0 aliphatic carbocycles. The fourth-order valence-electron chi connectivity index (χ4n) is 1.58. The van der Waals surface area contributed by atoms with Gasteiger partial charge in [-0.05, 0) is 31.2 Å². The highest BCUT2D eigenvalue weighted by molar-refractivity contribution is 7.89. The Bertz CT molecular complexity index is 648. The summed E-state index contributed by atoms with van der Waals surface area (Å²) in [6.07, 6.45) is 1.40. The zero-order chi connectivity index (χ0) is 14.0. The summed E-state index contributed by atoms with van der Waals surface area (Å²) in [5, 5.41) is 0. The highest BCUT2D eigenvalue weighted by atomic mass is 32.2. The molecular formula is C12H11F2NO3S. The van der Waals surface area contributed by atoms with Crippen molar-refractivity contribution in [2.45, 2.75) is 17.9 Å². The molecule has 0 unspecified atom stereocenters. The van der Waals surface area contributed by atoms with Crippen molar-refractivity contribution in [3.8, 4) is 0 Å². The lowest BCUT2D eigenvalue weighted by molar-refractivity contribution is 0.459. The number of halogens is 2. The first-order chi connectivity index (χ1) is 8.88. The number of benzene rings is 1. The zero-order valence-corrected chi connectivity index (χ0v) is 10.7. The Morgan fingerprint density at radius 1 is 1.21 bits per heavy atom. The molecule has 1 aromatic heterocycles. The van der Waals surface area contributed by atoms with Gasteiger partial charge in [0.05, 0.1) is 17.2 Å². The lowest BCUT2D eigenvalue weighted by atomic mass is 10.3. The molecule has 0 amide bonds. The van der Waals surface area contributed by atoms with E-state index in [-0.39, 0.29) is 0 Å². The van der Waals surface area contributed by atoms with Gasteiger partial charge in [-0.1, -0.05) is 0 Å². The largest absolute Gasteiger partial charge is 0.468 e. The number of hydrogen-bond donors (Lipinski definition) is 1. The molecule has 0 saturated carbocycles. The Hall–Kier alpha value is -1.73. The van der Waals surface area contributed by atoms with Crippen molar-refractivity contribution < 1.29 is 21.6 Å². The van der Waals surface area contributed by atoms with Crippen molar-refractivity contribution in [2.75, 3.05) is 0 Å². The van der Waals surface area contributed by atoms with Gasteiger partial charge in [-0.25, -0.2) is 21.9 Å². The van der Waals surface area contributed by atoms with Gasteiger partial charge in [-0.2, -0.15) is 0 Å². The smallest absolute Gasteiger partial charge is 0.241 e. The minimum Gasteiger partial charge on any atom is -0.468 e. The van der Waals surface area contributed by atoms with Crippen molar-refractivity contribution in [1.29, 1.82) is 0 Å². The van der Waals surface area contributed by atoms with E-state index in [2.05, 4.69) is 4.72 Å². The monoisotopic (exact) mass is 287 g/mol. The van der Waals surface area contributed by atoms with Gasteiger partial charge in [-0.3, -0.25) is 0 Å². The summed E-state index contributed by atoms with van der Waals surface area (Å²) < 4.78 is 57.3. The first-order valence-corrected chi connectivity index (χ1v) is 6.88. The Balaban J connectivity index is 2.27. The van der Waals surface area contributed by atoms with Crippen LogP contribution in [0.3, 0.4) is 0 Å². The van der Waals surface area contributed by atoms with Gasteiger partial charge in [0.25, 0.3) is 0 Å². The maximum atomic E-state index is 13.0. The molecule has 0 bridgehead atoms. The standard InChI is InChI=1S/C12H11F2NO3S/c1-8(12-3-2-4-18-12)15-19(16,17)11-6-9(13)5-10(14)7-11/h2-8,15H,1H3/t8-/m0/s1. The van der Waals surface area contributed by atoms with Gasteiger partial charge in [0.2, 0.25) is 10.0 Å². The molecule has 0 spiro atoms. The van der Waals surface area contributed by atoms with Gasteiger partial charge in [0.1, 0.15) is 17.4 Å². The number of nitrogens with one attached hydrogen (secondary N) is 1. The lowest BCUT2D eigenvalue weighted by Gasteiger charge is -2.12. The molecule has 2 aromatic rings. The second-order valence-corrected chi connectivity index (χ2v) is 5.68. The molecule has 0 aliphatic rings. The fourth-order valence-corrected chi connectivity index (χ4v) is 2.83. The molecule has 0 radical (unpaired) electrons. The quantitative estimate of drug-likeness (QED) is 0.940. The minimum absolute atomic E-state index is 0.403. The first-order valence-electron chi connectivity index (χ1n) is 5.40. The van der Waals surface area contributed by atoms with Crippen LogP contribution in [0.1, 0.15) is 18.7 Å². The first kappa shape index (κ1) is 13.7. The van der Waals surface area contributed by atoms with Crippen LogP contribution in [0, 0.1) is 11.6 Å². The molecule has 4 nitrogen and oxygen atoms in total. The molecule has 0 aliphatic heterocycles. The third-order valence-corrected chi connectivity index (χ3v) is 3.97. The van der Waals surface area contributed by atoms with Crippen LogP contribution in [0.25, 0.3) is 0 Å². The summed E-state index contributed by atoms with van der Waals surface area (Å²) in [4.78, 5) is -0.469. The fraction of sp³-hybridized carbons (Fsp3) is 0.167. The van der Waals surface area contributed by atoms with Crippen LogP contribution in [0.2, 0.25) is 0 Å². The topological polar surface area (TPSA) is 59.3 Å². The van der Waals surface area contributed by atoms with E-state index in [4.69, 9.17) is 4.42 Å². The van der Waals surface area contributed by atoms with E-state index in [9.17, 15) is 17.2 Å². The van der Waals surface area contributed by atoms with Crippen LogP contribution in [0.4, 0.5) is 8.78 Å². The minimum atomic E-state index is -4.02. The third kappa shape index (κ3) is 3.18. The highest BCUT2D eigenvalue weighted by Crippen LogP contribution is 2.18. The van der Waals surface area contributed by atoms with Crippen LogP contribution in [-0.2, 0) is 10.0 Å². The Labute approximate surface area is 109 Å². The Morgan fingerprint density at radius 2 is 1.84 bits per heavy atom. The summed E-state index contributed by atoms with van der Waals surface area (Å²) in [5.41, 5.74) is 0. The summed E-state index contributed by atoms with van der Waals surface area (Å²) in [6, 6.07) is 4.67. The molecule has 0 fully saturated rings. The van der Waals surface area contributed by atoms with Gasteiger partial charge in [0, 0.05) is 6.07 Å². The maximum Gasteiger partial charge on any atom is 0.241 e. The zero-order valence-electron chi connectivity index (χ0n) is 9.93. The SMILES string of the molecule is C[C@H](NS(=O)(=O)c1cc(F)cc(F)c1)c1ccco1. The molecule has 19 heavy (non-hydrogen) atoms. The molecule has 2 rings (SSSR count). The van der Waals surface area contributed by atoms with Crippen LogP contribution in [0.15, 0.2) is 45.9 Å². The van der Waals surface area contributed by atoms with Gasteiger partial charge in [-0.15, -0.1) is 0 Å². The summed E-state index contributed by atoms with van der Waals surface area (Å²) >= 11 is 0. The van der Waals surface area contributed by atoms with E-state index < -0.39 is 32.6 Å². The second-order valence-electron chi connectivity index (χ2n) is 3.96. The Morgan fingerprint density at radius 3 is 2.37 bits per heavy atom. The molecule has 1 N–H and O–H groups in total.